The fourth-order valence-electron chi connectivity index (χ4n) is 4.11. The van der Waals surface area contributed by atoms with E-state index in [9.17, 15) is 18.0 Å². The standard InChI is InChI=1S/C29H34BrN3O5S/c1-4-17-31-29(35)27(19-22-9-6-5-7-10-22)32(20-23-11-8-12-26(18-23)38-2)28(34)21-33(39(3,36)37)25-15-13-24(30)14-16-25/h5-16,18,27H,4,17,19-21H2,1-3H3,(H,31,35)/t27-/m1/s1. The van der Waals surface area contributed by atoms with E-state index in [4.69, 9.17) is 4.74 Å². The third-order valence-corrected chi connectivity index (χ3v) is 7.77. The molecule has 0 saturated carbocycles. The van der Waals surface area contributed by atoms with Crippen molar-refractivity contribution in [3.05, 3.63) is 94.5 Å². The lowest BCUT2D eigenvalue weighted by molar-refractivity contribution is -0.140. The molecule has 0 aliphatic rings. The molecule has 1 atom stereocenters. The maximum absolute atomic E-state index is 14.0. The summed E-state index contributed by atoms with van der Waals surface area (Å²) in [4.78, 5) is 29.0. The summed E-state index contributed by atoms with van der Waals surface area (Å²) in [5.41, 5.74) is 1.98. The van der Waals surface area contributed by atoms with Crippen molar-refractivity contribution in [1.29, 1.82) is 0 Å². The molecule has 3 rings (SSSR count). The van der Waals surface area contributed by atoms with Crippen LogP contribution in [0.3, 0.4) is 0 Å². The number of carbonyl (C=O) groups is 2. The second-order valence-electron chi connectivity index (χ2n) is 9.12. The van der Waals surface area contributed by atoms with Crippen LogP contribution in [0.25, 0.3) is 0 Å². The highest BCUT2D eigenvalue weighted by Crippen LogP contribution is 2.23. The van der Waals surface area contributed by atoms with Gasteiger partial charge in [0, 0.05) is 24.0 Å². The van der Waals surface area contributed by atoms with Gasteiger partial charge in [0.05, 0.1) is 19.1 Å². The number of nitrogens with one attached hydrogen (secondary N) is 1. The van der Waals surface area contributed by atoms with E-state index in [0.717, 1.165) is 32.6 Å². The molecule has 0 saturated heterocycles. The van der Waals surface area contributed by atoms with Crippen molar-refractivity contribution in [3.8, 4) is 5.75 Å². The summed E-state index contributed by atoms with van der Waals surface area (Å²) < 4.78 is 32.8. The van der Waals surface area contributed by atoms with E-state index in [1.165, 1.54) is 4.90 Å². The Morgan fingerprint density at radius 3 is 2.26 bits per heavy atom. The van der Waals surface area contributed by atoms with Crippen LogP contribution in [0, 0.1) is 0 Å². The summed E-state index contributed by atoms with van der Waals surface area (Å²) in [7, 11) is -2.26. The second kappa shape index (κ2) is 14.1. The molecule has 0 aromatic heterocycles. The molecule has 0 aliphatic carbocycles. The highest BCUT2D eigenvalue weighted by atomic mass is 79.9. The first-order valence-corrected chi connectivity index (χ1v) is 15.2. The molecule has 0 bridgehead atoms. The van der Waals surface area contributed by atoms with Crippen molar-refractivity contribution in [2.75, 3.05) is 30.8 Å². The molecular weight excluding hydrogens is 582 g/mol. The Morgan fingerprint density at radius 1 is 0.974 bits per heavy atom. The molecule has 0 fully saturated rings. The SMILES string of the molecule is CCCNC(=O)[C@@H](Cc1ccccc1)N(Cc1cccc(OC)c1)C(=O)CN(c1ccc(Br)cc1)S(C)(=O)=O. The van der Waals surface area contributed by atoms with Gasteiger partial charge in [0.25, 0.3) is 0 Å². The van der Waals surface area contributed by atoms with Crippen LogP contribution in [0.4, 0.5) is 5.69 Å². The van der Waals surface area contributed by atoms with E-state index in [2.05, 4.69) is 21.2 Å². The highest BCUT2D eigenvalue weighted by molar-refractivity contribution is 9.10. The van der Waals surface area contributed by atoms with E-state index in [1.807, 2.05) is 49.4 Å². The number of amides is 2. The molecule has 2 amide bonds. The molecule has 0 unspecified atom stereocenters. The number of methoxy groups -OCH3 is 1. The summed E-state index contributed by atoms with van der Waals surface area (Å²) in [6.45, 7) is 2.04. The van der Waals surface area contributed by atoms with E-state index < -0.39 is 28.5 Å². The smallest absolute Gasteiger partial charge is 0.244 e. The molecule has 0 spiro atoms. The van der Waals surface area contributed by atoms with E-state index >= 15 is 0 Å². The number of ether oxygens (including phenoxy) is 1. The summed E-state index contributed by atoms with van der Waals surface area (Å²) in [5.74, 6) is -0.187. The van der Waals surface area contributed by atoms with Gasteiger partial charge in [-0.25, -0.2) is 8.42 Å². The predicted octanol–water partition coefficient (Wildman–Crippen LogP) is 4.39. The van der Waals surface area contributed by atoms with Gasteiger partial charge in [-0.2, -0.15) is 0 Å². The van der Waals surface area contributed by atoms with Crippen LogP contribution in [0.5, 0.6) is 5.75 Å². The van der Waals surface area contributed by atoms with Crippen molar-refractivity contribution < 1.29 is 22.7 Å². The van der Waals surface area contributed by atoms with Gasteiger partial charge >= 0.3 is 0 Å². The number of hydrogen-bond acceptors (Lipinski definition) is 5. The largest absolute Gasteiger partial charge is 0.497 e. The Hall–Kier alpha value is -3.37. The van der Waals surface area contributed by atoms with Gasteiger partial charge in [-0.1, -0.05) is 65.3 Å². The number of anilines is 1. The number of nitrogens with zero attached hydrogens (tertiary/aromatic N) is 2. The molecule has 208 valence electrons. The molecule has 0 heterocycles. The van der Waals surface area contributed by atoms with Crippen molar-refractivity contribution in [3.63, 3.8) is 0 Å². The molecule has 0 aliphatic heterocycles. The van der Waals surface area contributed by atoms with Crippen LogP contribution in [-0.2, 0) is 32.6 Å². The van der Waals surface area contributed by atoms with Gasteiger partial charge in [-0.15, -0.1) is 0 Å². The van der Waals surface area contributed by atoms with Crippen LogP contribution in [0.1, 0.15) is 24.5 Å². The van der Waals surface area contributed by atoms with Crippen LogP contribution < -0.4 is 14.4 Å². The Kier molecular flexibility index (Phi) is 10.9. The molecule has 3 aromatic rings. The molecule has 0 radical (unpaired) electrons. The van der Waals surface area contributed by atoms with Crippen molar-refractivity contribution in [2.45, 2.75) is 32.4 Å². The number of carbonyl (C=O) groups excluding carboxylic acids is 2. The minimum absolute atomic E-state index is 0.0883. The van der Waals surface area contributed by atoms with E-state index in [1.54, 1.807) is 43.5 Å². The predicted molar refractivity (Wildman–Crippen MR) is 157 cm³/mol. The van der Waals surface area contributed by atoms with Gasteiger partial charge < -0.3 is 15.0 Å². The molecule has 39 heavy (non-hydrogen) atoms. The first kappa shape index (κ1) is 30.2. The minimum Gasteiger partial charge on any atom is -0.497 e. The first-order chi connectivity index (χ1) is 18.6. The van der Waals surface area contributed by atoms with Crippen LogP contribution >= 0.6 is 15.9 Å². The number of rotatable bonds is 13. The summed E-state index contributed by atoms with van der Waals surface area (Å²) in [6, 6.07) is 22.5. The number of benzene rings is 3. The normalized spacial score (nSPS) is 11.9. The molecular formula is C29H34BrN3O5S. The molecule has 8 nitrogen and oxygen atoms in total. The van der Waals surface area contributed by atoms with E-state index in [-0.39, 0.29) is 18.9 Å². The Balaban J connectivity index is 2.04. The van der Waals surface area contributed by atoms with Crippen molar-refractivity contribution >= 4 is 43.5 Å². The maximum atomic E-state index is 14.0. The minimum atomic E-state index is -3.81. The topological polar surface area (TPSA) is 96.0 Å². The number of sulfonamides is 1. The number of halogens is 1. The Bertz CT molecular complexity index is 1350. The van der Waals surface area contributed by atoms with Gasteiger partial charge in [-0.05, 0) is 53.9 Å². The van der Waals surface area contributed by atoms with Crippen LogP contribution in [0.2, 0.25) is 0 Å². The van der Waals surface area contributed by atoms with E-state index in [0.29, 0.717) is 18.0 Å². The highest BCUT2D eigenvalue weighted by Gasteiger charge is 2.33. The summed E-state index contributed by atoms with van der Waals surface area (Å²) in [6.07, 6.45) is 2.06. The van der Waals surface area contributed by atoms with Crippen LogP contribution in [-0.4, -0.2) is 57.6 Å². The number of hydrogen-bond donors (Lipinski definition) is 1. The average molecular weight is 617 g/mol. The van der Waals surface area contributed by atoms with Gasteiger partial charge in [0.2, 0.25) is 21.8 Å². The zero-order chi connectivity index (χ0) is 28.4. The summed E-state index contributed by atoms with van der Waals surface area (Å²) >= 11 is 3.36. The Morgan fingerprint density at radius 2 is 1.64 bits per heavy atom. The van der Waals surface area contributed by atoms with Crippen LogP contribution in [0.15, 0.2) is 83.3 Å². The monoisotopic (exact) mass is 615 g/mol. The van der Waals surface area contributed by atoms with Gasteiger partial charge in [0.15, 0.2) is 0 Å². The third kappa shape index (κ3) is 8.83. The quantitative estimate of drug-likeness (QED) is 0.308. The lowest BCUT2D eigenvalue weighted by Crippen LogP contribution is -2.53. The Labute approximate surface area is 239 Å². The average Bonchev–Trinajstić information content (AvgIpc) is 2.92. The lowest BCUT2D eigenvalue weighted by atomic mass is 10.0. The maximum Gasteiger partial charge on any atom is 0.244 e. The fraction of sp³-hybridized carbons (Fsp3) is 0.310. The zero-order valence-electron chi connectivity index (χ0n) is 22.3. The van der Waals surface area contributed by atoms with Gasteiger partial charge in [0.1, 0.15) is 18.3 Å². The molecule has 1 N–H and O–H groups in total. The van der Waals surface area contributed by atoms with Gasteiger partial charge in [-0.3, -0.25) is 13.9 Å². The lowest BCUT2D eigenvalue weighted by Gasteiger charge is -2.33. The fourth-order valence-corrected chi connectivity index (χ4v) is 5.22. The molecule has 10 heteroatoms. The first-order valence-electron chi connectivity index (χ1n) is 12.6. The van der Waals surface area contributed by atoms with Crippen molar-refractivity contribution in [1.82, 2.24) is 10.2 Å². The van der Waals surface area contributed by atoms with Crippen molar-refractivity contribution in [2.24, 2.45) is 0 Å². The second-order valence-corrected chi connectivity index (χ2v) is 11.9. The third-order valence-electron chi connectivity index (χ3n) is 6.10. The zero-order valence-corrected chi connectivity index (χ0v) is 24.7. The summed E-state index contributed by atoms with van der Waals surface area (Å²) in [5, 5.41) is 2.92. The molecule has 3 aromatic carbocycles.